The standard InChI is InChI=1S/C11H8Br2O6/c12-4-8(14)18-7-3-1-2-6(11(16)17)10(7)19-9(15)5-13/h1-3H,4-5H2,(H,16,17). The molecule has 0 heterocycles. The van der Waals surface area contributed by atoms with E-state index < -0.39 is 17.9 Å². The smallest absolute Gasteiger partial charge is 0.339 e. The van der Waals surface area contributed by atoms with Crippen LogP contribution in [0.4, 0.5) is 0 Å². The topological polar surface area (TPSA) is 89.9 Å². The molecule has 1 rings (SSSR count). The van der Waals surface area contributed by atoms with Crippen molar-refractivity contribution in [3.05, 3.63) is 23.8 Å². The van der Waals surface area contributed by atoms with Crippen LogP contribution in [0.25, 0.3) is 0 Å². The average molecular weight is 396 g/mol. The van der Waals surface area contributed by atoms with Crippen LogP contribution in [0.15, 0.2) is 18.2 Å². The lowest BCUT2D eigenvalue weighted by atomic mass is 10.2. The van der Waals surface area contributed by atoms with Crippen LogP contribution in [0.2, 0.25) is 0 Å². The second kappa shape index (κ2) is 7.25. The summed E-state index contributed by atoms with van der Waals surface area (Å²) in [6.07, 6.45) is 0. The summed E-state index contributed by atoms with van der Waals surface area (Å²) in [6, 6.07) is 3.96. The molecule has 1 N–H and O–H groups in total. The van der Waals surface area contributed by atoms with E-state index in [-0.39, 0.29) is 27.7 Å². The molecule has 0 aromatic heterocycles. The van der Waals surface area contributed by atoms with E-state index in [1.165, 1.54) is 18.2 Å². The first-order valence-corrected chi connectivity index (χ1v) is 7.13. The zero-order valence-electron chi connectivity index (χ0n) is 9.39. The number of carboxylic acid groups (broad SMARTS) is 1. The van der Waals surface area contributed by atoms with Crippen molar-refractivity contribution in [1.29, 1.82) is 0 Å². The number of esters is 2. The maximum Gasteiger partial charge on any atom is 0.339 e. The Labute approximate surface area is 124 Å². The fourth-order valence-electron chi connectivity index (χ4n) is 1.16. The molecule has 0 bridgehead atoms. The molecule has 0 amide bonds. The molecule has 0 saturated heterocycles. The summed E-state index contributed by atoms with van der Waals surface area (Å²) in [6.45, 7) is 0. The molecule has 0 aliphatic heterocycles. The lowest BCUT2D eigenvalue weighted by Crippen LogP contribution is -2.15. The Kier molecular flexibility index (Phi) is 5.97. The highest BCUT2D eigenvalue weighted by Gasteiger charge is 2.20. The van der Waals surface area contributed by atoms with E-state index in [1.54, 1.807) is 0 Å². The number of benzene rings is 1. The molecule has 8 heteroatoms. The third-order valence-corrected chi connectivity index (χ3v) is 2.78. The van der Waals surface area contributed by atoms with E-state index in [4.69, 9.17) is 14.6 Å². The number of hydrogen-bond donors (Lipinski definition) is 1. The van der Waals surface area contributed by atoms with E-state index in [2.05, 4.69) is 31.9 Å². The largest absolute Gasteiger partial charge is 0.478 e. The van der Waals surface area contributed by atoms with Gasteiger partial charge in [0.15, 0.2) is 11.5 Å². The highest BCUT2D eigenvalue weighted by molar-refractivity contribution is 9.09. The van der Waals surface area contributed by atoms with Gasteiger partial charge in [-0.1, -0.05) is 37.9 Å². The number of alkyl halides is 2. The van der Waals surface area contributed by atoms with Crippen molar-refractivity contribution in [3.63, 3.8) is 0 Å². The predicted molar refractivity (Wildman–Crippen MR) is 72.3 cm³/mol. The van der Waals surface area contributed by atoms with Crippen molar-refractivity contribution in [2.75, 3.05) is 10.7 Å². The number of carbonyl (C=O) groups is 3. The van der Waals surface area contributed by atoms with Crippen LogP contribution in [0.5, 0.6) is 11.5 Å². The van der Waals surface area contributed by atoms with Crippen molar-refractivity contribution in [3.8, 4) is 11.5 Å². The van der Waals surface area contributed by atoms with Crippen molar-refractivity contribution in [1.82, 2.24) is 0 Å². The average Bonchev–Trinajstić information content (AvgIpc) is 2.39. The Morgan fingerprint density at radius 1 is 1.05 bits per heavy atom. The molecule has 0 spiro atoms. The van der Waals surface area contributed by atoms with Crippen LogP contribution in [-0.2, 0) is 9.59 Å². The normalized spacial score (nSPS) is 9.79. The molecule has 0 unspecified atom stereocenters. The Morgan fingerprint density at radius 2 is 1.63 bits per heavy atom. The number of rotatable bonds is 5. The molecule has 102 valence electrons. The number of hydrogen-bond acceptors (Lipinski definition) is 5. The van der Waals surface area contributed by atoms with Gasteiger partial charge in [0.2, 0.25) is 0 Å². The third-order valence-electron chi connectivity index (χ3n) is 1.87. The van der Waals surface area contributed by atoms with E-state index in [9.17, 15) is 14.4 Å². The molecule has 6 nitrogen and oxygen atoms in total. The minimum atomic E-state index is -1.30. The molecular weight excluding hydrogens is 388 g/mol. The van der Waals surface area contributed by atoms with Gasteiger partial charge in [-0.3, -0.25) is 9.59 Å². The molecule has 0 atom stereocenters. The van der Waals surface area contributed by atoms with Gasteiger partial charge in [0, 0.05) is 0 Å². The Balaban J connectivity index is 3.21. The second-order valence-electron chi connectivity index (χ2n) is 3.15. The molecule has 0 saturated carbocycles. The number of aromatic carboxylic acids is 1. The zero-order valence-corrected chi connectivity index (χ0v) is 12.6. The minimum absolute atomic E-state index is 0.0733. The molecule has 0 aliphatic carbocycles. The quantitative estimate of drug-likeness (QED) is 0.465. The first-order valence-electron chi connectivity index (χ1n) is 4.89. The zero-order chi connectivity index (χ0) is 14.4. The molecule has 1 aromatic carbocycles. The summed E-state index contributed by atoms with van der Waals surface area (Å²) >= 11 is 5.79. The van der Waals surface area contributed by atoms with Gasteiger partial charge in [0.1, 0.15) is 16.2 Å². The first kappa shape index (κ1) is 15.6. The van der Waals surface area contributed by atoms with E-state index >= 15 is 0 Å². The summed E-state index contributed by atoms with van der Waals surface area (Å²) in [5.74, 6) is -3.06. The summed E-state index contributed by atoms with van der Waals surface area (Å²) in [4.78, 5) is 33.5. The molecule has 19 heavy (non-hydrogen) atoms. The number of carboxylic acids is 1. The number of halogens is 2. The number of ether oxygens (including phenoxy) is 2. The Bertz CT molecular complexity index is 514. The van der Waals surface area contributed by atoms with Crippen LogP contribution in [0.1, 0.15) is 10.4 Å². The van der Waals surface area contributed by atoms with Crippen LogP contribution in [0.3, 0.4) is 0 Å². The van der Waals surface area contributed by atoms with Gasteiger partial charge in [-0.05, 0) is 12.1 Å². The first-order chi connectivity index (χ1) is 8.99. The van der Waals surface area contributed by atoms with Gasteiger partial charge >= 0.3 is 17.9 Å². The van der Waals surface area contributed by atoms with Crippen LogP contribution in [-0.4, -0.2) is 33.7 Å². The monoisotopic (exact) mass is 394 g/mol. The highest BCUT2D eigenvalue weighted by Crippen LogP contribution is 2.32. The van der Waals surface area contributed by atoms with Crippen molar-refractivity contribution >= 4 is 49.8 Å². The van der Waals surface area contributed by atoms with E-state index in [0.717, 1.165) is 0 Å². The number of para-hydroxylation sites is 1. The highest BCUT2D eigenvalue weighted by atomic mass is 79.9. The van der Waals surface area contributed by atoms with Crippen molar-refractivity contribution < 1.29 is 29.0 Å². The van der Waals surface area contributed by atoms with Crippen LogP contribution < -0.4 is 9.47 Å². The van der Waals surface area contributed by atoms with Crippen LogP contribution >= 0.6 is 31.9 Å². The van der Waals surface area contributed by atoms with Gasteiger partial charge in [0.05, 0.1) is 0 Å². The van der Waals surface area contributed by atoms with Gasteiger partial charge < -0.3 is 14.6 Å². The lowest BCUT2D eigenvalue weighted by Gasteiger charge is -2.11. The lowest BCUT2D eigenvalue weighted by molar-refractivity contribution is -0.134. The molecule has 0 fully saturated rings. The fourth-order valence-corrected chi connectivity index (χ4v) is 1.39. The second-order valence-corrected chi connectivity index (χ2v) is 4.27. The number of carbonyl (C=O) groups excluding carboxylic acids is 2. The summed E-state index contributed by atoms with van der Waals surface area (Å²) in [5, 5.41) is 8.82. The van der Waals surface area contributed by atoms with Crippen molar-refractivity contribution in [2.45, 2.75) is 0 Å². The van der Waals surface area contributed by atoms with Gasteiger partial charge in [-0.15, -0.1) is 0 Å². The minimum Gasteiger partial charge on any atom is -0.478 e. The van der Waals surface area contributed by atoms with E-state index in [0.29, 0.717) is 0 Å². The molecule has 1 aromatic rings. The predicted octanol–water partition coefficient (Wildman–Crippen LogP) is 1.99. The molecular formula is C11H8Br2O6. The fraction of sp³-hybridized carbons (Fsp3) is 0.182. The Hall–Kier alpha value is -1.41. The summed E-state index contributed by atoms with van der Waals surface area (Å²) < 4.78 is 9.76. The molecule has 0 radical (unpaired) electrons. The van der Waals surface area contributed by atoms with Crippen LogP contribution in [0, 0.1) is 0 Å². The van der Waals surface area contributed by atoms with E-state index in [1.807, 2.05) is 0 Å². The summed E-state index contributed by atoms with van der Waals surface area (Å²) in [5.41, 5.74) is -0.269. The SMILES string of the molecule is O=C(CBr)Oc1cccc(C(=O)O)c1OC(=O)CBr. The van der Waals surface area contributed by atoms with Crippen molar-refractivity contribution in [2.24, 2.45) is 0 Å². The van der Waals surface area contributed by atoms with Gasteiger partial charge in [0.25, 0.3) is 0 Å². The third kappa shape index (κ3) is 4.32. The Morgan fingerprint density at radius 3 is 2.16 bits per heavy atom. The van der Waals surface area contributed by atoms with Gasteiger partial charge in [-0.25, -0.2) is 4.79 Å². The molecule has 0 aliphatic rings. The maximum atomic E-state index is 11.3. The van der Waals surface area contributed by atoms with Gasteiger partial charge in [-0.2, -0.15) is 0 Å². The maximum absolute atomic E-state index is 11.3. The summed E-state index contributed by atoms with van der Waals surface area (Å²) in [7, 11) is 0.